The Labute approximate surface area is 68.1 Å². The number of hydrogen-bond donors (Lipinski definition) is 0. The van der Waals surface area contributed by atoms with E-state index in [4.69, 9.17) is 0 Å². The molecule has 0 saturated carbocycles. The molecule has 0 saturated heterocycles. The van der Waals surface area contributed by atoms with E-state index in [-0.39, 0.29) is 27.2 Å². The predicted octanol–water partition coefficient (Wildman–Crippen LogP) is 1.58. The van der Waals surface area contributed by atoms with Gasteiger partial charge >= 0.3 is 5.97 Å². The average Bonchev–Trinajstić information content (AvgIpc) is 1.83. The van der Waals surface area contributed by atoms with Crippen molar-refractivity contribution in [3.63, 3.8) is 0 Å². The van der Waals surface area contributed by atoms with E-state index in [0.29, 0.717) is 0 Å². The normalized spacial score (nSPS) is 6.64. The molecule has 0 atom stereocenters. The van der Waals surface area contributed by atoms with Gasteiger partial charge in [-0.3, -0.25) is 4.79 Å². The number of carbonyl (C=O) groups is 2. The van der Waals surface area contributed by atoms with Gasteiger partial charge in [0.1, 0.15) is 6.61 Å². The zero-order valence-electron chi connectivity index (χ0n) is 5.22. The third-order valence-electron chi connectivity index (χ3n) is 0.584. The first kappa shape index (κ1) is 16.5. The second-order valence-corrected chi connectivity index (χ2v) is 1.51. The van der Waals surface area contributed by atoms with Gasteiger partial charge in [0.25, 0.3) is 0 Å². The standard InChI is InChI=1S/C6H8O3.2CH4/c1-3-6(8)9-4-5(2)7;;/h3H,1,4H2,2H3;2*1H4. The molecule has 0 bridgehead atoms. The van der Waals surface area contributed by atoms with Crippen LogP contribution in [-0.2, 0) is 14.3 Å². The molecule has 0 unspecified atom stereocenters. The van der Waals surface area contributed by atoms with Crippen molar-refractivity contribution in [2.24, 2.45) is 0 Å². The van der Waals surface area contributed by atoms with E-state index in [1.165, 1.54) is 6.92 Å². The number of rotatable bonds is 3. The van der Waals surface area contributed by atoms with Crippen molar-refractivity contribution in [1.82, 2.24) is 0 Å². The third kappa shape index (κ3) is 12.2. The molecular formula is C8H16O3. The van der Waals surface area contributed by atoms with Gasteiger partial charge in [0.05, 0.1) is 0 Å². The highest BCUT2D eigenvalue weighted by Gasteiger charge is 1.96. The topological polar surface area (TPSA) is 43.4 Å². The van der Waals surface area contributed by atoms with Crippen LogP contribution in [0.5, 0.6) is 0 Å². The summed E-state index contributed by atoms with van der Waals surface area (Å²) in [5.41, 5.74) is 0. The number of ketones is 1. The highest BCUT2D eigenvalue weighted by Crippen LogP contribution is 1.78. The summed E-state index contributed by atoms with van der Waals surface area (Å²) in [7, 11) is 0. The summed E-state index contributed by atoms with van der Waals surface area (Å²) in [6, 6.07) is 0. The Kier molecular flexibility index (Phi) is 13.3. The first-order valence-electron chi connectivity index (χ1n) is 2.45. The second kappa shape index (κ2) is 8.88. The summed E-state index contributed by atoms with van der Waals surface area (Å²) in [6.07, 6.45) is 1.02. The molecule has 0 aliphatic heterocycles. The first-order chi connectivity index (χ1) is 4.16. The fourth-order valence-corrected chi connectivity index (χ4v) is 0.232. The molecule has 0 N–H and O–H groups in total. The lowest BCUT2D eigenvalue weighted by molar-refractivity contribution is -0.142. The van der Waals surface area contributed by atoms with Gasteiger partial charge in [0, 0.05) is 6.08 Å². The second-order valence-electron chi connectivity index (χ2n) is 1.51. The Bertz CT molecular complexity index is 138. The summed E-state index contributed by atoms with van der Waals surface area (Å²) in [5.74, 6) is -0.740. The molecule has 0 spiro atoms. The zero-order valence-corrected chi connectivity index (χ0v) is 5.22. The van der Waals surface area contributed by atoms with Gasteiger partial charge in [-0.25, -0.2) is 4.79 Å². The molecule has 0 fully saturated rings. The zero-order chi connectivity index (χ0) is 7.28. The van der Waals surface area contributed by atoms with Gasteiger partial charge in [-0.1, -0.05) is 21.4 Å². The molecular weight excluding hydrogens is 144 g/mol. The van der Waals surface area contributed by atoms with Gasteiger partial charge in [-0.2, -0.15) is 0 Å². The van der Waals surface area contributed by atoms with Crippen molar-refractivity contribution >= 4 is 11.8 Å². The van der Waals surface area contributed by atoms with Crippen LogP contribution < -0.4 is 0 Å². The fraction of sp³-hybridized carbons (Fsp3) is 0.500. The Morgan fingerprint density at radius 3 is 2.18 bits per heavy atom. The molecule has 3 nitrogen and oxygen atoms in total. The smallest absolute Gasteiger partial charge is 0.330 e. The van der Waals surface area contributed by atoms with Crippen LogP contribution in [0, 0.1) is 0 Å². The highest BCUT2D eigenvalue weighted by atomic mass is 16.5. The number of Topliss-reactive ketones (excluding diaryl/α,β-unsaturated/α-hetero) is 1. The Morgan fingerprint density at radius 1 is 1.45 bits per heavy atom. The van der Waals surface area contributed by atoms with Crippen LogP contribution in [0.15, 0.2) is 12.7 Å². The van der Waals surface area contributed by atoms with Crippen molar-refractivity contribution in [1.29, 1.82) is 0 Å². The fourth-order valence-electron chi connectivity index (χ4n) is 0.232. The van der Waals surface area contributed by atoms with Crippen molar-refractivity contribution < 1.29 is 14.3 Å². The van der Waals surface area contributed by atoms with Crippen LogP contribution in [0.3, 0.4) is 0 Å². The van der Waals surface area contributed by atoms with Crippen molar-refractivity contribution in [2.75, 3.05) is 6.61 Å². The van der Waals surface area contributed by atoms with Gasteiger partial charge < -0.3 is 4.74 Å². The number of hydrogen-bond acceptors (Lipinski definition) is 3. The van der Waals surface area contributed by atoms with Gasteiger partial charge in [-0.05, 0) is 6.92 Å². The minimum atomic E-state index is -0.565. The molecule has 0 aromatic rings. The van der Waals surface area contributed by atoms with Gasteiger partial charge in [0.15, 0.2) is 5.78 Å². The third-order valence-corrected chi connectivity index (χ3v) is 0.584. The van der Waals surface area contributed by atoms with E-state index in [2.05, 4.69) is 11.3 Å². The molecule has 66 valence electrons. The summed E-state index contributed by atoms with van der Waals surface area (Å²) >= 11 is 0. The number of ether oxygens (including phenoxy) is 1. The Morgan fingerprint density at radius 2 is 1.91 bits per heavy atom. The maximum Gasteiger partial charge on any atom is 0.330 e. The molecule has 0 aromatic heterocycles. The highest BCUT2D eigenvalue weighted by molar-refractivity contribution is 5.85. The van der Waals surface area contributed by atoms with Crippen LogP contribution in [0.2, 0.25) is 0 Å². The lowest BCUT2D eigenvalue weighted by atomic mass is 10.5. The van der Waals surface area contributed by atoms with Crippen molar-refractivity contribution in [2.45, 2.75) is 21.8 Å². The van der Waals surface area contributed by atoms with E-state index >= 15 is 0 Å². The van der Waals surface area contributed by atoms with Gasteiger partial charge in [0.2, 0.25) is 0 Å². The lowest BCUT2D eigenvalue weighted by Crippen LogP contribution is -2.08. The van der Waals surface area contributed by atoms with E-state index in [0.717, 1.165) is 6.08 Å². The van der Waals surface area contributed by atoms with E-state index in [9.17, 15) is 9.59 Å². The lowest BCUT2D eigenvalue weighted by Gasteiger charge is -1.94. The minimum Gasteiger partial charge on any atom is -0.455 e. The molecule has 0 radical (unpaired) electrons. The van der Waals surface area contributed by atoms with E-state index in [1.807, 2.05) is 0 Å². The molecule has 3 heteroatoms. The molecule has 0 aliphatic rings. The van der Waals surface area contributed by atoms with Crippen LogP contribution in [0.1, 0.15) is 21.8 Å². The van der Waals surface area contributed by atoms with Crippen LogP contribution in [0.25, 0.3) is 0 Å². The Hall–Kier alpha value is -1.12. The van der Waals surface area contributed by atoms with E-state index < -0.39 is 5.97 Å². The van der Waals surface area contributed by atoms with Crippen LogP contribution in [-0.4, -0.2) is 18.4 Å². The molecule has 0 amide bonds. The summed E-state index contributed by atoms with van der Waals surface area (Å²) in [4.78, 5) is 20.4. The van der Waals surface area contributed by atoms with Crippen LogP contribution in [0.4, 0.5) is 0 Å². The monoisotopic (exact) mass is 160 g/mol. The number of esters is 1. The maximum absolute atomic E-state index is 10.2. The molecule has 11 heavy (non-hydrogen) atoms. The van der Waals surface area contributed by atoms with E-state index in [1.54, 1.807) is 0 Å². The first-order valence-corrected chi connectivity index (χ1v) is 2.45. The average molecular weight is 160 g/mol. The maximum atomic E-state index is 10.2. The summed E-state index contributed by atoms with van der Waals surface area (Å²) < 4.78 is 4.35. The summed E-state index contributed by atoms with van der Waals surface area (Å²) in [5, 5.41) is 0. The molecule has 0 aromatic carbocycles. The quantitative estimate of drug-likeness (QED) is 0.465. The minimum absolute atomic E-state index is 0. The summed E-state index contributed by atoms with van der Waals surface area (Å²) in [6.45, 7) is 4.33. The molecule has 0 rings (SSSR count). The Balaban J connectivity index is -0.000000320. The predicted molar refractivity (Wildman–Crippen MR) is 45.3 cm³/mol. The van der Waals surface area contributed by atoms with Crippen molar-refractivity contribution in [3.05, 3.63) is 12.7 Å². The molecule has 0 heterocycles. The largest absolute Gasteiger partial charge is 0.455 e. The SMILES string of the molecule is C.C.C=CC(=O)OCC(C)=O. The van der Waals surface area contributed by atoms with Crippen LogP contribution >= 0.6 is 0 Å². The molecule has 0 aliphatic carbocycles. The number of carbonyl (C=O) groups excluding carboxylic acids is 2. The van der Waals surface area contributed by atoms with Crippen molar-refractivity contribution in [3.8, 4) is 0 Å². The van der Waals surface area contributed by atoms with Gasteiger partial charge in [-0.15, -0.1) is 0 Å².